The van der Waals surface area contributed by atoms with Gasteiger partial charge >= 0.3 is 12.1 Å². The molecule has 4 saturated heterocycles. The number of sulfonamides is 2. The number of rotatable bonds is 10. The Hall–Kier alpha value is -5.52. The molecule has 8 heterocycles. The van der Waals surface area contributed by atoms with Crippen LogP contribution in [0.25, 0.3) is 22.8 Å². The van der Waals surface area contributed by atoms with Crippen molar-refractivity contribution in [2.45, 2.75) is 125 Å². The van der Waals surface area contributed by atoms with E-state index in [1.807, 2.05) is 62.4 Å². The number of amides is 4. The molecule has 10 rings (SSSR count). The van der Waals surface area contributed by atoms with Crippen LogP contribution in [0, 0.1) is 0 Å². The molecule has 4 unspecified atom stereocenters. The maximum Gasteiger partial charge on any atom is 0.319 e. The van der Waals surface area contributed by atoms with Crippen LogP contribution < -0.4 is 31.1 Å². The molecule has 400 valence electrons. The van der Waals surface area contributed by atoms with Gasteiger partial charge in [0.15, 0.2) is 11.6 Å². The van der Waals surface area contributed by atoms with E-state index in [9.17, 15) is 26.4 Å². The molecule has 2 aromatic heterocycles. The molecular weight excluding hydrogens is 973 g/mol. The number of aromatic nitrogens is 4. The lowest BCUT2D eigenvalue weighted by atomic mass is 9.98. The van der Waals surface area contributed by atoms with E-state index in [4.69, 9.17) is 29.4 Å². The van der Waals surface area contributed by atoms with Crippen molar-refractivity contribution in [3.63, 3.8) is 0 Å². The van der Waals surface area contributed by atoms with Gasteiger partial charge in [-0.05, 0) is 102 Å². The van der Waals surface area contributed by atoms with Gasteiger partial charge in [0.05, 0.1) is 74.5 Å². The van der Waals surface area contributed by atoms with E-state index in [1.54, 1.807) is 8.61 Å². The normalized spacial score (nSPS) is 23.2. The van der Waals surface area contributed by atoms with Crippen molar-refractivity contribution < 1.29 is 35.9 Å². The summed E-state index contributed by atoms with van der Waals surface area (Å²) in [5, 5.41) is 11.0. The number of benzene rings is 2. The molecule has 73 heavy (non-hydrogen) atoms. The van der Waals surface area contributed by atoms with E-state index in [1.165, 1.54) is 12.5 Å². The molecule has 0 spiro atoms. The van der Waals surface area contributed by atoms with E-state index in [2.05, 4.69) is 44.9 Å². The van der Waals surface area contributed by atoms with Gasteiger partial charge in [0.2, 0.25) is 20.0 Å². The molecule has 6 aliphatic heterocycles. The maximum atomic E-state index is 12.7. The average Bonchev–Trinajstić information content (AvgIpc) is 3.84. The first-order valence-electron chi connectivity index (χ1n) is 24.3. The van der Waals surface area contributed by atoms with Crippen molar-refractivity contribution in [3.8, 4) is 22.8 Å². The van der Waals surface area contributed by atoms with Crippen molar-refractivity contribution in [3.05, 3.63) is 71.0 Å². The Morgan fingerprint density at radius 2 is 0.959 bits per heavy atom. The smallest absolute Gasteiger partial charge is 0.319 e. The third-order valence-electron chi connectivity index (χ3n) is 13.9. The molecule has 4 fully saturated rings. The van der Waals surface area contributed by atoms with Gasteiger partial charge in [-0.15, -0.1) is 0 Å². The Morgan fingerprint density at radius 1 is 0.589 bits per heavy atom. The van der Waals surface area contributed by atoms with Crippen LogP contribution in [0.5, 0.6) is 0 Å². The predicted molar refractivity (Wildman–Crippen MR) is 288 cm³/mol. The molecule has 4 bridgehead atoms. The van der Waals surface area contributed by atoms with Crippen LogP contribution >= 0.6 is 0 Å². The molecule has 22 heteroatoms. The average molecular weight is 1050 g/mol. The number of carbonyl (C=O) groups excluding carboxylic acids is 2. The van der Waals surface area contributed by atoms with Gasteiger partial charge in [0.1, 0.15) is 11.6 Å². The zero-order chi connectivity index (χ0) is 49.5. The fraction of sp³-hybridized carbons (Fsp3) is 0.569. The Balaban J connectivity index is 0.000000229. The molecule has 4 aromatic rings. The molecule has 4 N–H and O–H groups in total. The molecule has 6 atom stereocenters. The van der Waals surface area contributed by atoms with Gasteiger partial charge in [0.25, 0.3) is 0 Å². The first-order chi connectivity index (χ1) is 33.5. The summed E-state index contributed by atoms with van der Waals surface area (Å²) in [5.74, 6) is 2.83. The number of fused-ring (bicyclic) bond motifs is 8. The highest BCUT2D eigenvalue weighted by Crippen LogP contribution is 2.50. The predicted octanol–water partition coefficient (Wildman–Crippen LogP) is 6.97. The molecule has 0 saturated carbocycles. The molecule has 2 aromatic carbocycles. The number of anilines is 4. The van der Waals surface area contributed by atoms with E-state index < -0.39 is 20.0 Å². The van der Waals surface area contributed by atoms with Crippen LogP contribution in [0.3, 0.4) is 0 Å². The third-order valence-corrected chi connectivity index (χ3v) is 16.6. The highest BCUT2D eigenvalue weighted by molar-refractivity contribution is 7.88. The van der Waals surface area contributed by atoms with Gasteiger partial charge in [-0.2, -0.15) is 8.61 Å². The summed E-state index contributed by atoms with van der Waals surface area (Å²) in [6.45, 7) is 12.8. The van der Waals surface area contributed by atoms with Crippen molar-refractivity contribution in [2.75, 3.05) is 85.6 Å². The summed E-state index contributed by atoms with van der Waals surface area (Å²) >= 11 is 0. The summed E-state index contributed by atoms with van der Waals surface area (Å²) in [5.41, 5.74) is 6.79. The van der Waals surface area contributed by atoms with Crippen molar-refractivity contribution in [1.82, 2.24) is 39.2 Å². The zero-order valence-electron chi connectivity index (χ0n) is 40.6. The molecular formula is C51H76N12O8S2. The van der Waals surface area contributed by atoms with Crippen LogP contribution in [0.1, 0.15) is 110 Å². The Bertz CT molecular complexity index is 2630. The second-order valence-corrected chi connectivity index (χ2v) is 22.7. The lowest BCUT2D eigenvalue weighted by Gasteiger charge is -2.40. The van der Waals surface area contributed by atoms with Gasteiger partial charge < -0.3 is 40.5 Å². The van der Waals surface area contributed by atoms with E-state index in [-0.39, 0.29) is 70.6 Å². The third kappa shape index (κ3) is 11.9. The van der Waals surface area contributed by atoms with Crippen LogP contribution in [0.4, 0.5) is 32.6 Å². The summed E-state index contributed by atoms with van der Waals surface area (Å²) < 4.78 is 65.3. The monoisotopic (exact) mass is 1050 g/mol. The van der Waals surface area contributed by atoms with Crippen molar-refractivity contribution in [1.29, 1.82) is 0 Å². The molecule has 20 nitrogen and oxygen atoms in total. The number of morpholine rings is 2. The largest absolute Gasteiger partial charge is 0.377 e. The van der Waals surface area contributed by atoms with E-state index >= 15 is 0 Å². The first-order valence-corrected chi connectivity index (χ1v) is 28.0. The zero-order valence-corrected chi connectivity index (χ0v) is 42.3. The molecule has 6 aliphatic rings. The summed E-state index contributed by atoms with van der Waals surface area (Å²) in [6, 6.07) is 14.1. The lowest BCUT2D eigenvalue weighted by molar-refractivity contribution is 0.0982. The van der Waals surface area contributed by atoms with Gasteiger partial charge in [-0.3, -0.25) is 0 Å². The molecule has 4 amide bonds. The first kappa shape index (κ1) is 56.8. The second-order valence-electron chi connectivity index (χ2n) is 18.9. The van der Waals surface area contributed by atoms with Crippen LogP contribution in [-0.2, 0) is 42.4 Å². The Morgan fingerprint density at radius 3 is 1.29 bits per heavy atom. The van der Waals surface area contributed by atoms with E-state index in [0.717, 1.165) is 71.0 Å². The Labute approximate surface area is 432 Å². The highest BCUT2D eigenvalue weighted by atomic mass is 32.2. The number of hydrogen-bond donors (Lipinski definition) is 4. The topological polar surface area (TPSA) is 234 Å². The van der Waals surface area contributed by atoms with Crippen LogP contribution in [0.15, 0.2) is 48.5 Å². The standard InChI is InChI=1S/2C24H32N6O4S.3CH4/c2*1-4-25-24(31)26-17-7-5-16(6-8-17)22-27-19-13-18-9-10-20(30(18)35(3,32)33)21(19)23(28-22)29-11-12-34-14-15(29)2;;;/h2*5-8,15,18,20H,4,9-14H2,1-3H3,(H2,25,26,31);3*1H4/t2*15-,18?,20?;;;/m00.../s1. The number of urea groups is 2. The summed E-state index contributed by atoms with van der Waals surface area (Å²) in [7, 11) is -6.70. The minimum absolute atomic E-state index is 0. The number of hydrogen-bond acceptors (Lipinski definition) is 14. The second kappa shape index (κ2) is 23.4. The molecule has 0 aliphatic carbocycles. The number of nitrogens with zero attached hydrogens (tertiary/aromatic N) is 8. The quantitative estimate of drug-likeness (QED) is 0.126. The number of carbonyl (C=O) groups is 2. The Kier molecular flexibility index (Phi) is 18.2. The fourth-order valence-corrected chi connectivity index (χ4v) is 13.7. The fourth-order valence-electron chi connectivity index (χ4n) is 11.0. The minimum atomic E-state index is -3.35. The lowest BCUT2D eigenvalue weighted by Crippen LogP contribution is -2.47. The van der Waals surface area contributed by atoms with Gasteiger partial charge in [0, 0.05) is 84.7 Å². The number of ether oxygens (including phenoxy) is 2. The summed E-state index contributed by atoms with van der Waals surface area (Å²) in [4.78, 5) is 48.1. The minimum Gasteiger partial charge on any atom is -0.377 e. The van der Waals surface area contributed by atoms with Gasteiger partial charge in [-0.25, -0.2) is 46.4 Å². The van der Waals surface area contributed by atoms with Crippen molar-refractivity contribution in [2.24, 2.45) is 0 Å². The number of nitrogens with one attached hydrogen (secondary N) is 4. The van der Waals surface area contributed by atoms with Crippen LogP contribution in [0.2, 0.25) is 0 Å². The van der Waals surface area contributed by atoms with Crippen LogP contribution in [-0.4, -0.2) is 147 Å². The van der Waals surface area contributed by atoms with Crippen molar-refractivity contribution >= 4 is 55.1 Å². The molecule has 0 radical (unpaired) electrons. The SMILES string of the molecule is C.C.C.CCNC(=O)Nc1ccc(-c2nc3c(c(N4CCOC[C@@H]4C)n2)C2CCC(C3)N2S(C)(=O)=O)cc1.CCNC(=O)Nc1ccc(-c2nc3c(c(N4CCOC[C@@H]4C)n2)C2CCC(C3)N2S(C)(=O)=O)cc1. The highest BCUT2D eigenvalue weighted by Gasteiger charge is 2.49. The van der Waals surface area contributed by atoms with Gasteiger partial charge in [-0.1, -0.05) is 22.3 Å². The maximum absolute atomic E-state index is 12.7. The van der Waals surface area contributed by atoms with E-state index in [0.29, 0.717) is 88.5 Å². The summed E-state index contributed by atoms with van der Waals surface area (Å²) in [6.07, 6.45) is 6.95.